The zero-order chi connectivity index (χ0) is 16.2. The minimum absolute atomic E-state index is 0.255. The van der Waals surface area contributed by atoms with Gasteiger partial charge in [0.25, 0.3) is 5.91 Å². The Hall–Kier alpha value is -2.40. The maximum Gasteiger partial charge on any atom is 0.251 e. The fourth-order valence-corrected chi connectivity index (χ4v) is 4.10. The number of fused-ring (bicyclic) bond motifs is 1. The molecule has 5 heteroatoms. The number of thiophene rings is 1. The third-order valence-corrected chi connectivity index (χ3v) is 5.09. The van der Waals surface area contributed by atoms with E-state index < -0.39 is 5.91 Å². The molecule has 0 saturated heterocycles. The number of amides is 2. The lowest BCUT2D eigenvalue weighted by atomic mass is 9.95. The Morgan fingerprint density at radius 3 is 2.61 bits per heavy atom. The van der Waals surface area contributed by atoms with Gasteiger partial charge < -0.3 is 11.1 Å². The number of nitrogens with one attached hydrogen (secondary N) is 1. The van der Waals surface area contributed by atoms with Gasteiger partial charge in [0.1, 0.15) is 5.00 Å². The highest BCUT2D eigenvalue weighted by Gasteiger charge is 2.24. The average molecular weight is 326 g/mol. The first kappa shape index (κ1) is 15.5. The second-order valence-corrected chi connectivity index (χ2v) is 6.62. The van der Waals surface area contributed by atoms with Crippen molar-refractivity contribution in [3.05, 3.63) is 58.0 Å². The highest BCUT2D eigenvalue weighted by molar-refractivity contribution is 7.17. The van der Waals surface area contributed by atoms with Crippen molar-refractivity contribution in [2.45, 2.75) is 25.7 Å². The summed E-state index contributed by atoms with van der Waals surface area (Å²) in [4.78, 5) is 25.1. The summed E-state index contributed by atoms with van der Waals surface area (Å²) in [7, 11) is 0. The molecule has 1 heterocycles. The molecule has 0 saturated carbocycles. The topological polar surface area (TPSA) is 72.2 Å². The summed E-state index contributed by atoms with van der Waals surface area (Å²) in [5.41, 5.74) is 7.99. The molecule has 0 spiro atoms. The third-order valence-electron chi connectivity index (χ3n) is 3.88. The fourth-order valence-electron chi connectivity index (χ4n) is 2.80. The van der Waals surface area contributed by atoms with E-state index in [1.165, 1.54) is 22.3 Å². The molecule has 0 unspecified atom stereocenters. The average Bonchev–Trinajstić information content (AvgIpc) is 2.91. The summed E-state index contributed by atoms with van der Waals surface area (Å²) in [5, 5.41) is 3.39. The van der Waals surface area contributed by atoms with Crippen molar-refractivity contribution in [1.82, 2.24) is 0 Å². The summed E-state index contributed by atoms with van der Waals surface area (Å²) in [5.74, 6) is -0.721. The zero-order valence-corrected chi connectivity index (χ0v) is 13.5. The van der Waals surface area contributed by atoms with Crippen molar-refractivity contribution in [2.75, 3.05) is 5.32 Å². The van der Waals surface area contributed by atoms with E-state index in [0.29, 0.717) is 10.6 Å². The maximum atomic E-state index is 12.1. The van der Waals surface area contributed by atoms with Gasteiger partial charge in [0, 0.05) is 11.0 Å². The summed E-state index contributed by atoms with van der Waals surface area (Å²) < 4.78 is 0. The monoisotopic (exact) mass is 326 g/mol. The molecule has 0 bridgehead atoms. The Balaban J connectivity index is 1.80. The summed E-state index contributed by atoms with van der Waals surface area (Å²) >= 11 is 1.47. The van der Waals surface area contributed by atoms with Gasteiger partial charge in [-0.1, -0.05) is 30.3 Å². The van der Waals surface area contributed by atoms with E-state index in [-0.39, 0.29) is 5.91 Å². The van der Waals surface area contributed by atoms with E-state index in [2.05, 4.69) is 5.32 Å². The van der Waals surface area contributed by atoms with Crippen LogP contribution >= 0.6 is 11.3 Å². The molecule has 0 aliphatic heterocycles. The van der Waals surface area contributed by atoms with Crippen LogP contribution in [0.3, 0.4) is 0 Å². The van der Waals surface area contributed by atoms with Crippen molar-refractivity contribution < 1.29 is 9.59 Å². The number of primary amides is 1. The lowest BCUT2D eigenvalue weighted by Crippen LogP contribution is -2.17. The molecule has 0 atom stereocenters. The minimum Gasteiger partial charge on any atom is -0.365 e. The Bertz CT molecular complexity index is 763. The van der Waals surface area contributed by atoms with E-state index in [1.54, 1.807) is 6.08 Å². The molecule has 3 rings (SSSR count). The maximum absolute atomic E-state index is 12.1. The van der Waals surface area contributed by atoms with Gasteiger partial charge in [-0.2, -0.15) is 0 Å². The van der Waals surface area contributed by atoms with Gasteiger partial charge in [0.2, 0.25) is 5.91 Å². The molecule has 23 heavy (non-hydrogen) atoms. The lowest BCUT2D eigenvalue weighted by molar-refractivity contribution is -0.111. The molecule has 1 aromatic carbocycles. The number of hydrogen-bond acceptors (Lipinski definition) is 3. The Morgan fingerprint density at radius 1 is 1.13 bits per heavy atom. The van der Waals surface area contributed by atoms with Crippen LogP contribution in [-0.4, -0.2) is 11.8 Å². The van der Waals surface area contributed by atoms with Crippen LogP contribution in [-0.2, 0) is 17.6 Å². The normalized spacial score (nSPS) is 13.7. The number of carbonyl (C=O) groups is 2. The van der Waals surface area contributed by atoms with Crippen LogP contribution in [0.1, 0.15) is 39.2 Å². The van der Waals surface area contributed by atoms with Crippen LogP contribution in [0.4, 0.5) is 5.00 Å². The molecule has 2 aromatic rings. The predicted octanol–water partition coefficient (Wildman–Crippen LogP) is 3.38. The van der Waals surface area contributed by atoms with E-state index >= 15 is 0 Å². The standard InChI is InChI=1S/C18H18N2O2S/c19-17(22)16-13-8-4-5-9-14(13)23-18(16)20-15(21)11-10-12-6-2-1-3-7-12/h1-3,6-7,10-11H,4-5,8-9H2,(H2,19,22)(H,20,21). The van der Waals surface area contributed by atoms with Gasteiger partial charge in [-0.3, -0.25) is 9.59 Å². The van der Waals surface area contributed by atoms with Crippen LogP contribution < -0.4 is 11.1 Å². The molecule has 0 radical (unpaired) electrons. The molecule has 2 amide bonds. The second kappa shape index (κ2) is 6.79. The van der Waals surface area contributed by atoms with Crippen LogP contribution in [0.25, 0.3) is 6.08 Å². The first-order valence-electron chi connectivity index (χ1n) is 7.63. The number of benzene rings is 1. The highest BCUT2D eigenvalue weighted by Crippen LogP contribution is 2.37. The number of hydrogen-bond donors (Lipinski definition) is 2. The summed E-state index contributed by atoms with van der Waals surface area (Å²) in [6.07, 6.45) is 7.21. The Kier molecular flexibility index (Phi) is 4.57. The SMILES string of the molecule is NC(=O)c1c(NC(=O)C=Cc2ccccc2)sc2c1CCCC2. The van der Waals surface area contributed by atoms with Gasteiger partial charge >= 0.3 is 0 Å². The van der Waals surface area contributed by atoms with Crippen molar-refractivity contribution >= 4 is 34.2 Å². The van der Waals surface area contributed by atoms with Gasteiger partial charge in [-0.05, 0) is 42.9 Å². The van der Waals surface area contributed by atoms with Crippen molar-refractivity contribution in [1.29, 1.82) is 0 Å². The van der Waals surface area contributed by atoms with E-state index in [9.17, 15) is 9.59 Å². The number of rotatable bonds is 4. The fraction of sp³-hybridized carbons (Fsp3) is 0.222. The number of carbonyl (C=O) groups excluding carboxylic acids is 2. The second-order valence-electron chi connectivity index (χ2n) is 5.51. The molecule has 0 fully saturated rings. The molecule has 3 N–H and O–H groups in total. The van der Waals surface area contributed by atoms with Crippen molar-refractivity contribution in [3.8, 4) is 0 Å². The van der Waals surface area contributed by atoms with Crippen molar-refractivity contribution in [3.63, 3.8) is 0 Å². The Labute approximate surface area is 139 Å². The molecule has 118 valence electrons. The molecule has 1 aliphatic carbocycles. The summed E-state index contributed by atoms with van der Waals surface area (Å²) in [6.45, 7) is 0. The first-order valence-corrected chi connectivity index (χ1v) is 8.45. The van der Waals surface area contributed by atoms with Crippen LogP contribution in [0, 0.1) is 0 Å². The number of nitrogens with two attached hydrogens (primary N) is 1. The van der Waals surface area contributed by atoms with Gasteiger partial charge in [0.15, 0.2) is 0 Å². The number of anilines is 1. The largest absolute Gasteiger partial charge is 0.365 e. The third kappa shape index (κ3) is 3.51. The lowest BCUT2D eigenvalue weighted by Gasteiger charge is -2.11. The van der Waals surface area contributed by atoms with Gasteiger partial charge in [-0.15, -0.1) is 11.3 Å². The van der Waals surface area contributed by atoms with E-state index in [1.807, 2.05) is 30.3 Å². The quantitative estimate of drug-likeness (QED) is 0.846. The van der Waals surface area contributed by atoms with Crippen LogP contribution in [0.2, 0.25) is 0 Å². The van der Waals surface area contributed by atoms with Crippen molar-refractivity contribution in [2.24, 2.45) is 5.73 Å². The van der Waals surface area contributed by atoms with Gasteiger partial charge in [-0.25, -0.2) is 0 Å². The first-order chi connectivity index (χ1) is 11.1. The molecular weight excluding hydrogens is 308 g/mol. The van der Waals surface area contributed by atoms with E-state index in [0.717, 1.165) is 36.8 Å². The molecule has 1 aliphatic rings. The van der Waals surface area contributed by atoms with Crippen LogP contribution in [0.15, 0.2) is 36.4 Å². The molecular formula is C18H18N2O2S. The molecule has 4 nitrogen and oxygen atoms in total. The summed E-state index contributed by atoms with van der Waals surface area (Å²) in [6, 6.07) is 9.59. The van der Waals surface area contributed by atoms with E-state index in [4.69, 9.17) is 5.73 Å². The molecule has 1 aromatic heterocycles. The Morgan fingerprint density at radius 2 is 1.87 bits per heavy atom. The zero-order valence-electron chi connectivity index (χ0n) is 12.7. The number of aryl methyl sites for hydroxylation is 1. The predicted molar refractivity (Wildman–Crippen MR) is 93.6 cm³/mol. The van der Waals surface area contributed by atoms with Gasteiger partial charge in [0.05, 0.1) is 5.56 Å². The minimum atomic E-state index is -0.466. The smallest absolute Gasteiger partial charge is 0.251 e. The highest BCUT2D eigenvalue weighted by atomic mass is 32.1. The van der Waals surface area contributed by atoms with Crippen LogP contribution in [0.5, 0.6) is 0 Å².